The molecule has 0 saturated carbocycles. The SMILES string of the molecule is CC(C)N1CC2CC1C(C1CCc3ccccc3N1C(C)C)N2Cc1ccccc1. The Morgan fingerprint density at radius 1 is 0.867 bits per heavy atom. The summed E-state index contributed by atoms with van der Waals surface area (Å²) < 4.78 is 0. The summed E-state index contributed by atoms with van der Waals surface area (Å²) in [6, 6.07) is 23.9. The van der Waals surface area contributed by atoms with Gasteiger partial charge in [-0.05, 0) is 64.2 Å². The van der Waals surface area contributed by atoms with Gasteiger partial charge in [-0.3, -0.25) is 9.80 Å². The maximum atomic E-state index is 2.88. The van der Waals surface area contributed by atoms with E-state index in [0.717, 1.165) is 6.54 Å². The van der Waals surface area contributed by atoms with Gasteiger partial charge >= 0.3 is 0 Å². The van der Waals surface area contributed by atoms with Crippen LogP contribution in [0.2, 0.25) is 0 Å². The number of likely N-dealkylation sites (tertiary alicyclic amines) is 2. The molecule has 2 aromatic carbocycles. The molecular weight excluding hydrogens is 366 g/mol. The zero-order valence-corrected chi connectivity index (χ0v) is 19.0. The van der Waals surface area contributed by atoms with E-state index in [4.69, 9.17) is 0 Å². The summed E-state index contributed by atoms with van der Waals surface area (Å²) in [6.45, 7) is 11.8. The third kappa shape index (κ3) is 3.36. The second-order valence-electron chi connectivity index (χ2n) is 10.1. The topological polar surface area (TPSA) is 9.72 Å². The molecule has 0 spiro atoms. The first-order chi connectivity index (χ1) is 14.5. The summed E-state index contributed by atoms with van der Waals surface area (Å²) in [5, 5.41) is 0. The first kappa shape index (κ1) is 20.1. The van der Waals surface area contributed by atoms with E-state index in [9.17, 15) is 0 Å². The molecule has 0 amide bonds. The zero-order chi connectivity index (χ0) is 20.8. The molecule has 2 bridgehead atoms. The highest BCUT2D eigenvalue weighted by Crippen LogP contribution is 2.44. The van der Waals surface area contributed by atoms with Gasteiger partial charge in [0.1, 0.15) is 0 Å². The van der Waals surface area contributed by atoms with Crippen molar-refractivity contribution >= 4 is 5.69 Å². The van der Waals surface area contributed by atoms with Crippen molar-refractivity contribution in [2.75, 3.05) is 11.4 Å². The zero-order valence-electron chi connectivity index (χ0n) is 19.0. The van der Waals surface area contributed by atoms with Gasteiger partial charge < -0.3 is 4.90 Å². The molecule has 3 heterocycles. The van der Waals surface area contributed by atoms with E-state index < -0.39 is 0 Å². The molecule has 0 aliphatic carbocycles. The summed E-state index contributed by atoms with van der Waals surface area (Å²) in [4.78, 5) is 8.45. The van der Waals surface area contributed by atoms with Gasteiger partial charge in [0.25, 0.3) is 0 Å². The lowest BCUT2D eigenvalue weighted by molar-refractivity contribution is 0.0302. The Morgan fingerprint density at radius 2 is 1.60 bits per heavy atom. The minimum Gasteiger partial charge on any atom is -0.364 e. The number of hydrogen-bond donors (Lipinski definition) is 0. The van der Waals surface area contributed by atoms with E-state index in [0.29, 0.717) is 36.3 Å². The maximum Gasteiger partial charge on any atom is 0.0467 e. The molecule has 2 fully saturated rings. The quantitative estimate of drug-likeness (QED) is 0.699. The molecule has 4 atom stereocenters. The number of hydrogen-bond acceptors (Lipinski definition) is 3. The number of anilines is 1. The van der Waals surface area contributed by atoms with Crippen LogP contribution in [0.4, 0.5) is 5.69 Å². The maximum absolute atomic E-state index is 2.88. The first-order valence-corrected chi connectivity index (χ1v) is 12.0. The molecule has 3 aliphatic rings. The van der Waals surface area contributed by atoms with Crippen molar-refractivity contribution in [2.45, 2.75) is 89.8 Å². The van der Waals surface area contributed by atoms with E-state index in [1.54, 1.807) is 0 Å². The lowest BCUT2D eigenvalue weighted by atomic mass is 9.86. The molecular formula is C27H37N3. The first-order valence-electron chi connectivity index (χ1n) is 12.0. The Balaban J connectivity index is 1.51. The van der Waals surface area contributed by atoms with Gasteiger partial charge in [0.2, 0.25) is 0 Å². The number of aryl methyl sites for hydroxylation is 1. The lowest BCUT2D eigenvalue weighted by Gasteiger charge is -2.52. The Kier molecular flexibility index (Phi) is 5.37. The average Bonchev–Trinajstić information content (AvgIpc) is 3.32. The summed E-state index contributed by atoms with van der Waals surface area (Å²) in [6.07, 6.45) is 3.80. The van der Waals surface area contributed by atoms with Crippen molar-refractivity contribution in [3.63, 3.8) is 0 Å². The van der Waals surface area contributed by atoms with Crippen LogP contribution in [0.15, 0.2) is 54.6 Å². The smallest absolute Gasteiger partial charge is 0.0467 e. The molecule has 5 rings (SSSR count). The van der Waals surface area contributed by atoms with Gasteiger partial charge in [-0.1, -0.05) is 48.5 Å². The van der Waals surface area contributed by atoms with E-state index >= 15 is 0 Å². The van der Waals surface area contributed by atoms with Crippen LogP contribution in [0.3, 0.4) is 0 Å². The molecule has 3 aliphatic heterocycles. The molecule has 160 valence electrons. The lowest BCUT2D eigenvalue weighted by Crippen LogP contribution is -2.64. The van der Waals surface area contributed by atoms with Crippen LogP contribution in [-0.2, 0) is 13.0 Å². The van der Waals surface area contributed by atoms with Crippen LogP contribution < -0.4 is 4.90 Å². The van der Waals surface area contributed by atoms with Crippen molar-refractivity contribution in [3.8, 4) is 0 Å². The molecule has 30 heavy (non-hydrogen) atoms. The summed E-state index contributed by atoms with van der Waals surface area (Å²) in [7, 11) is 0. The highest BCUT2D eigenvalue weighted by Gasteiger charge is 2.54. The van der Waals surface area contributed by atoms with E-state index in [1.807, 2.05) is 0 Å². The predicted octanol–water partition coefficient (Wildman–Crippen LogP) is 4.95. The van der Waals surface area contributed by atoms with Crippen LogP contribution in [0.25, 0.3) is 0 Å². The fourth-order valence-corrected chi connectivity index (χ4v) is 6.60. The fraction of sp³-hybridized carbons (Fsp3) is 0.556. The van der Waals surface area contributed by atoms with Crippen molar-refractivity contribution in [3.05, 3.63) is 65.7 Å². The van der Waals surface area contributed by atoms with Crippen LogP contribution in [0, 0.1) is 0 Å². The number of rotatable bonds is 5. The monoisotopic (exact) mass is 403 g/mol. The molecule has 0 radical (unpaired) electrons. The second-order valence-corrected chi connectivity index (χ2v) is 10.1. The third-order valence-electron chi connectivity index (χ3n) is 7.77. The summed E-state index contributed by atoms with van der Waals surface area (Å²) in [5.41, 5.74) is 4.46. The summed E-state index contributed by atoms with van der Waals surface area (Å²) in [5.74, 6) is 0. The normalized spacial score (nSPS) is 29.2. The molecule has 4 unspecified atom stereocenters. The highest BCUT2D eigenvalue weighted by molar-refractivity contribution is 5.57. The van der Waals surface area contributed by atoms with Crippen molar-refractivity contribution in [1.29, 1.82) is 0 Å². The van der Waals surface area contributed by atoms with Crippen LogP contribution >= 0.6 is 0 Å². The molecule has 0 aromatic heterocycles. The van der Waals surface area contributed by atoms with Crippen LogP contribution in [-0.4, -0.2) is 52.6 Å². The molecule has 2 saturated heterocycles. The van der Waals surface area contributed by atoms with Crippen molar-refractivity contribution < 1.29 is 0 Å². The van der Waals surface area contributed by atoms with Gasteiger partial charge in [0.15, 0.2) is 0 Å². The third-order valence-corrected chi connectivity index (χ3v) is 7.77. The molecule has 0 N–H and O–H groups in total. The minimum atomic E-state index is 0.515. The van der Waals surface area contributed by atoms with E-state index in [-0.39, 0.29) is 0 Å². The van der Waals surface area contributed by atoms with E-state index in [2.05, 4.69) is 97.0 Å². The Labute approximate surface area is 182 Å². The van der Waals surface area contributed by atoms with Gasteiger partial charge in [0, 0.05) is 55.0 Å². The van der Waals surface area contributed by atoms with Crippen LogP contribution in [0.5, 0.6) is 0 Å². The van der Waals surface area contributed by atoms with Crippen LogP contribution in [0.1, 0.15) is 51.7 Å². The van der Waals surface area contributed by atoms with Gasteiger partial charge in [-0.15, -0.1) is 0 Å². The average molecular weight is 404 g/mol. The largest absolute Gasteiger partial charge is 0.364 e. The Bertz CT molecular complexity index is 861. The van der Waals surface area contributed by atoms with Crippen molar-refractivity contribution in [2.24, 2.45) is 0 Å². The molecule has 3 heteroatoms. The van der Waals surface area contributed by atoms with Gasteiger partial charge in [-0.2, -0.15) is 0 Å². The number of piperazine rings is 1. The Morgan fingerprint density at radius 3 is 2.33 bits per heavy atom. The fourth-order valence-electron chi connectivity index (χ4n) is 6.60. The second kappa shape index (κ2) is 8.01. The van der Waals surface area contributed by atoms with Crippen molar-refractivity contribution in [1.82, 2.24) is 9.80 Å². The number of nitrogens with zero attached hydrogens (tertiary/aromatic N) is 3. The minimum absolute atomic E-state index is 0.515. The van der Waals surface area contributed by atoms with E-state index in [1.165, 1.54) is 42.6 Å². The number of benzene rings is 2. The van der Waals surface area contributed by atoms with Gasteiger partial charge in [-0.25, -0.2) is 0 Å². The standard InChI is InChI=1S/C27H37N3/c1-19(2)28-18-23-16-26(28)27(29(23)17-21-10-6-5-7-11-21)25-15-14-22-12-8-9-13-24(22)30(25)20(3)4/h5-13,19-20,23,25-27H,14-18H2,1-4H3. The highest BCUT2D eigenvalue weighted by atomic mass is 15.4. The molecule has 2 aromatic rings. The number of para-hydroxylation sites is 1. The van der Waals surface area contributed by atoms with Gasteiger partial charge in [0.05, 0.1) is 0 Å². The Hall–Kier alpha value is -1.84. The summed E-state index contributed by atoms with van der Waals surface area (Å²) >= 11 is 0. The molecule has 3 nitrogen and oxygen atoms in total. The predicted molar refractivity (Wildman–Crippen MR) is 126 cm³/mol. The number of fused-ring (bicyclic) bond motifs is 3.